The number of aliphatic hydroxyl groups excluding tert-OH is 1. The van der Waals surface area contributed by atoms with E-state index in [2.05, 4.69) is 14.5 Å². The van der Waals surface area contributed by atoms with Crippen LogP contribution in [-0.2, 0) is 55.4 Å². The molecule has 8 nitrogen and oxygen atoms in total. The van der Waals surface area contributed by atoms with Crippen molar-refractivity contribution in [2.75, 3.05) is 6.61 Å². The minimum atomic E-state index is -0.647. The molecule has 0 fully saturated rings. The van der Waals surface area contributed by atoms with Crippen molar-refractivity contribution in [2.45, 2.75) is 73.5 Å². The number of esters is 1. The van der Waals surface area contributed by atoms with E-state index in [-0.39, 0.29) is 58.3 Å². The molecule has 0 aliphatic heterocycles. The van der Waals surface area contributed by atoms with Crippen molar-refractivity contribution in [3.63, 3.8) is 0 Å². The van der Waals surface area contributed by atoms with Crippen LogP contribution in [0.5, 0.6) is 0 Å². The van der Waals surface area contributed by atoms with E-state index >= 15 is 0 Å². The van der Waals surface area contributed by atoms with Gasteiger partial charge in [-0.2, -0.15) is 4.89 Å². The van der Waals surface area contributed by atoms with Crippen LogP contribution in [0.4, 0.5) is 0 Å². The third-order valence-electron chi connectivity index (χ3n) is 1.43. The van der Waals surface area contributed by atoms with Crippen molar-refractivity contribution in [3.8, 4) is 0 Å². The first kappa shape index (κ1) is 31.7. The molecule has 0 heterocycles. The number of rotatable bonds is 7. The molecule has 1 N–H and O–H groups in total. The van der Waals surface area contributed by atoms with Gasteiger partial charge in [-0.1, -0.05) is 0 Å². The van der Waals surface area contributed by atoms with Crippen LogP contribution in [0.15, 0.2) is 0 Å². The predicted molar refractivity (Wildman–Crippen MR) is 86.9 cm³/mol. The quantitative estimate of drug-likeness (QED) is 0.227. The normalized spacial score (nSPS) is 8.88. The van der Waals surface area contributed by atoms with Crippen LogP contribution >= 0.6 is 0 Å². The molecule has 0 saturated carbocycles. The average molecular weight is 398 g/mol. The van der Waals surface area contributed by atoms with E-state index in [0.717, 1.165) is 0 Å². The summed E-state index contributed by atoms with van der Waals surface area (Å²) in [5.41, 5.74) is 0. The van der Waals surface area contributed by atoms with Crippen molar-refractivity contribution >= 4 is 23.5 Å². The minimum Gasteiger partial charge on any atom is -0.466 e. The van der Waals surface area contributed by atoms with E-state index in [1.165, 1.54) is 13.8 Å². The molecule has 0 spiro atoms. The first-order chi connectivity index (χ1) is 10.9. The number of Topliss-reactive ketones (excluding diaryl/α,β-unsaturated/α-hetero) is 2. The van der Waals surface area contributed by atoms with E-state index in [9.17, 15) is 19.2 Å². The van der Waals surface area contributed by atoms with Gasteiger partial charge < -0.3 is 9.84 Å². The smallest absolute Gasteiger partial charge is 0.349 e. The van der Waals surface area contributed by atoms with Gasteiger partial charge in [-0.3, -0.25) is 19.3 Å². The Hall–Kier alpha value is -1.09. The Balaban J connectivity index is -0.000000142. The van der Waals surface area contributed by atoms with E-state index in [1.54, 1.807) is 34.6 Å². The second-order valence-corrected chi connectivity index (χ2v) is 5.26. The largest absolute Gasteiger partial charge is 0.466 e. The molecule has 0 radical (unpaired) electrons. The summed E-state index contributed by atoms with van der Waals surface area (Å²) < 4.78 is 4.49. The first-order valence-corrected chi connectivity index (χ1v) is 7.60. The molecule has 0 aromatic rings. The molecule has 9 heteroatoms. The van der Waals surface area contributed by atoms with Gasteiger partial charge in [0.2, 0.25) is 0 Å². The fourth-order valence-electron chi connectivity index (χ4n) is 0.798. The van der Waals surface area contributed by atoms with Crippen LogP contribution in [0.3, 0.4) is 0 Å². The molecule has 25 heavy (non-hydrogen) atoms. The number of hydrogen-bond donors (Lipinski definition) is 1. The number of ether oxygens (including phenoxy) is 1. The van der Waals surface area contributed by atoms with Crippen LogP contribution < -0.4 is 0 Å². The van der Waals surface area contributed by atoms with Gasteiger partial charge in [0.25, 0.3) is 0 Å². The van der Waals surface area contributed by atoms with Crippen molar-refractivity contribution in [3.05, 3.63) is 0 Å². The monoisotopic (exact) mass is 398 g/mol. The third-order valence-corrected chi connectivity index (χ3v) is 1.43. The Labute approximate surface area is 164 Å². The average Bonchev–Trinajstić information content (AvgIpc) is 2.35. The van der Waals surface area contributed by atoms with Crippen molar-refractivity contribution in [2.24, 2.45) is 0 Å². The van der Waals surface area contributed by atoms with Crippen LogP contribution in [0.2, 0.25) is 0 Å². The zero-order valence-electron chi connectivity index (χ0n) is 16.1. The van der Waals surface area contributed by atoms with E-state index in [4.69, 9.17) is 5.11 Å². The number of ketones is 2. The maximum absolute atomic E-state index is 10.6. The van der Waals surface area contributed by atoms with Gasteiger partial charge in [0.05, 0.1) is 12.7 Å². The molecule has 0 unspecified atom stereocenters. The van der Waals surface area contributed by atoms with Gasteiger partial charge in [-0.15, -0.1) is 0 Å². The Morgan fingerprint density at radius 1 is 0.880 bits per heavy atom. The second-order valence-electron chi connectivity index (χ2n) is 5.26. The molecule has 0 rings (SSSR count). The van der Waals surface area contributed by atoms with Gasteiger partial charge in [-0.25, -0.2) is 4.79 Å². The molecule has 0 saturated heterocycles. The maximum atomic E-state index is 10.6. The van der Waals surface area contributed by atoms with Crippen molar-refractivity contribution in [1.29, 1.82) is 0 Å². The Morgan fingerprint density at radius 3 is 1.52 bits per heavy atom. The number of carbonyl (C=O) groups excluding carboxylic acids is 4. The molecule has 0 aliphatic rings. The first-order valence-electron chi connectivity index (χ1n) is 7.60. The maximum Gasteiger partial charge on any atom is 0.349 e. The van der Waals surface area contributed by atoms with E-state index in [0.29, 0.717) is 6.61 Å². The molecule has 0 amide bonds. The molecule has 0 aromatic heterocycles. The molecule has 146 valence electrons. The number of hydrogen-bond acceptors (Lipinski definition) is 8. The molecule has 0 aliphatic carbocycles. The number of aliphatic hydroxyl groups is 1. The minimum absolute atomic E-state index is 0. The molecular weight excluding hydrogens is 368 g/mol. The van der Waals surface area contributed by atoms with E-state index in [1.807, 2.05) is 0 Å². The number of carbonyl (C=O) groups is 4. The summed E-state index contributed by atoms with van der Waals surface area (Å²) >= 11 is 0. The summed E-state index contributed by atoms with van der Waals surface area (Å²) in [4.78, 5) is 50.3. The molecule has 0 aromatic carbocycles. The fourth-order valence-corrected chi connectivity index (χ4v) is 0.798. The van der Waals surface area contributed by atoms with Gasteiger partial charge >= 0.3 is 11.9 Å². The van der Waals surface area contributed by atoms with Crippen molar-refractivity contribution in [1.82, 2.24) is 0 Å². The van der Waals surface area contributed by atoms with Gasteiger partial charge in [0.1, 0.15) is 24.4 Å². The van der Waals surface area contributed by atoms with Gasteiger partial charge in [0, 0.05) is 27.8 Å². The fraction of sp³-hybridized carbons (Fsp3) is 0.750. The zero-order chi connectivity index (χ0) is 19.7. The Kier molecular flexibility index (Phi) is 26.5. The third kappa shape index (κ3) is 45.1. The van der Waals surface area contributed by atoms with E-state index < -0.39 is 11.9 Å². The Morgan fingerprint density at radius 2 is 1.24 bits per heavy atom. The van der Waals surface area contributed by atoms with Crippen LogP contribution in [0.1, 0.15) is 61.3 Å². The summed E-state index contributed by atoms with van der Waals surface area (Å²) in [6, 6.07) is 0. The van der Waals surface area contributed by atoms with Crippen LogP contribution in [0, 0.1) is 0 Å². The standard InChI is InChI=1S/C7H12O4.C6H10O3.C3H8O.Ti/c1-5(2)10-11-7(9)4-6(3)8;1-3-9-6(8)4-5(2)7;1-3(2)4;/h5H,4H2,1-3H3;3-4H2,1-2H3;3-4H,1-2H3;. The Bertz CT molecular complexity index is 378. The predicted octanol–water partition coefficient (Wildman–Crippen LogP) is 1.76. The summed E-state index contributed by atoms with van der Waals surface area (Å²) in [5.74, 6) is -1.48. The van der Waals surface area contributed by atoms with Gasteiger partial charge in [-0.05, 0) is 48.5 Å². The van der Waals surface area contributed by atoms with Crippen LogP contribution in [-0.4, -0.2) is 47.4 Å². The second kappa shape index (κ2) is 21.0. The van der Waals surface area contributed by atoms with Gasteiger partial charge in [0.15, 0.2) is 0 Å². The SMILES string of the molecule is CC(=O)CC(=O)OOC(C)C.CC(C)O.CCOC(=O)CC(C)=O.[Ti]. The summed E-state index contributed by atoms with van der Waals surface area (Å²) in [5, 5.41) is 8.06. The summed E-state index contributed by atoms with van der Waals surface area (Å²) in [6.45, 7) is 11.6. The molecule has 0 atom stereocenters. The molecular formula is C16H30O8Ti. The summed E-state index contributed by atoms with van der Waals surface area (Å²) in [6.07, 6.45) is -0.675. The topological polar surface area (TPSA) is 116 Å². The zero-order valence-corrected chi connectivity index (χ0v) is 17.6. The van der Waals surface area contributed by atoms with Crippen molar-refractivity contribution < 1.29 is 60.5 Å². The summed E-state index contributed by atoms with van der Waals surface area (Å²) in [7, 11) is 0. The molecule has 0 bridgehead atoms. The van der Waals surface area contributed by atoms with Crippen LogP contribution in [0.25, 0.3) is 0 Å².